The first-order valence-electron chi connectivity index (χ1n) is 5.89. The lowest BCUT2D eigenvalue weighted by Crippen LogP contribution is -2.24. The highest BCUT2D eigenvalue weighted by molar-refractivity contribution is 5.93. The first-order chi connectivity index (χ1) is 9.73. The minimum absolute atomic E-state index is 0.0742. The third-order valence-corrected chi connectivity index (χ3v) is 2.67. The standard InChI is InChI=1S/C12H14FN3O5/c1-15(2)11(17)3-4-14-9-5-7(12(18)19)10(16(20)21)6-8(9)13/h5-6,14H,3-4H2,1-2H3,(H,18,19). The van der Waals surface area contributed by atoms with E-state index >= 15 is 0 Å². The molecular formula is C12H14FN3O5. The van der Waals surface area contributed by atoms with Crippen LogP contribution in [-0.4, -0.2) is 47.4 Å². The van der Waals surface area contributed by atoms with E-state index in [-0.39, 0.29) is 24.6 Å². The molecule has 0 aliphatic heterocycles. The summed E-state index contributed by atoms with van der Waals surface area (Å²) in [5.74, 6) is -2.68. The molecule has 1 aromatic rings. The van der Waals surface area contributed by atoms with Crippen LogP contribution in [0, 0.1) is 15.9 Å². The number of carbonyl (C=O) groups excluding carboxylic acids is 1. The average molecular weight is 299 g/mol. The molecule has 0 spiro atoms. The topological polar surface area (TPSA) is 113 Å². The van der Waals surface area contributed by atoms with E-state index in [1.807, 2.05) is 0 Å². The quantitative estimate of drug-likeness (QED) is 0.605. The first-order valence-corrected chi connectivity index (χ1v) is 5.89. The van der Waals surface area contributed by atoms with Crippen LogP contribution in [-0.2, 0) is 4.79 Å². The minimum Gasteiger partial charge on any atom is -0.477 e. The number of nitro groups is 1. The Balaban J connectivity index is 2.94. The van der Waals surface area contributed by atoms with Crippen LogP contribution in [0.3, 0.4) is 0 Å². The number of carbonyl (C=O) groups is 2. The molecule has 0 heterocycles. The number of hydrogen-bond donors (Lipinski definition) is 2. The van der Waals surface area contributed by atoms with Gasteiger partial charge in [0.05, 0.1) is 16.7 Å². The molecule has 0 bridgehead atoms. The summed E-state index contributed by atoms with van der Waals surface area (Å²) in [4.78, 5) is 33.4. The summed E-state index contributed by atoms with van der Waals surface area (Å²) in [6.07, 6.45) is 0.0752. The summed E-state index contributed by atoms with van der Waals surface area (Å²) < 4.78 is 13.7. The highest BCUT2D eigenvalue weighted by Gasteiger charge is 2.23. The van der Waals surface area contributed by atoms with E-state index in [1.54, 1.807) is 14.1 Å². The molecule has 2 N–H and O–H groups in total. The van der Waals surface area contributed by atoms with Gasteiger partial charge in [0.15, 0.2) is 5.82 Å². The maximum Gasteiger partial charge on any atom is 0.342 e. The first kappa shape index (κ1) is 16.3. The third kappa shape index (κ3) is 4.13. The van der Waals surface area contributed by atoms with Gasteiger partial charge in [0, 0.05) is 27.1 Å². The largest absolute Gasteiger partial charge is 0.477 e. The van der Waals surface area contributed by atoms with Crippen molar-refractivity contribution in [3.63, 3.8) is 0 Å². The Morgan fingerprint density at radius 3 is 2.52 bits per heavy atom. The summed E-state index contributed by atoms with van der Waals surface area (Å²) in [7, 11) is 3.13. The van der Waals surface area contributed by atoms with Gasteiger partial charge in [0.2, 0.25) is 5.91 Å². The number of hydrogen-bond acceptors (Lipinski definition) is 5. The molecule has 0 saturated heterocycles. The fourth-order valence-corrected chi connectivity index (χ4v) is 1.55. The van der Waals surface area contributed by atoms with Gasteiger partial charge in [-0.2, -0.15) is 0 Å². The molecule has 0 aromatic heterocycles. The molecule has 1 rings (SSSR count). The SMILES string of the molecule is CN(C)C(=O)CCNc1cc(C(=O)O)c([N+](=O)[O-])cc1F. The van der Waals surface area contributed by atoms with E-state index < -0.39 is 28.0 Å². The molecule has 0 fully saturated rings. The number of nitrogens with zero attached hydrogens (tertiary/aromatic N) is 2. The van der Waals surface area contributed by atoms with Crippen molar-refractivity contribution in [1.82, 2.24) is 4.90 Å². The van der Waals surface area contributed by atoms with Crippen LogP contribution in [0.5, 0.6) is 0 Å². The Bertz CT molecular complexity index is 589. The number of aromatic carboxylic acids is 1. The second kappa shape index (κ2) is 6.64. The normalized spacial score (nSPS) is 10.0. The molecular weight excluding hydrogens is 285 g/mol. The number of carboxylic acid groups (broad SMARTS) is 1. The molecule has 9 heteroatoms. The maximum absolute atomic E-state index is 13.7. The lowest BCUT2D eigenvalue weighted by Gasteiger charge is -2.12. The summed E-state index contributed by atoms with van der Waals surface area (Å²) in [6.45, 7) is 0.0742. The summed E-state index contributed by atoms with van der Waals surface area (Å²) >= 11 is 0. The van der Waals surface area contributed by atoms with Crippen LogP contribution in [0.2, 0.25) is 0 Å². The monoisotopic (exact) mass is 299 g/mol. The molecule has 114 valence electrons. The number of nitrogens with one attached hydrogen (secondary N) is 1. The number of halogens is 1. The second-order valence-electron chi connectivity index (χ2n) is 4.38. The highest BCUT2D eigenvalue weighted by Crippen LogP contribution is 2.26. The van der Waals surface area contributed by atoms with Gasteiger partial charge in [0.1, 0.15) is 5.56 Å². The lowest BCUT2D eigenvalue weighted by molar-refractivity contribution is -0.385. The number of benzene rings is 1. The molecule has 0 aliphatic carbocycles. The zero-order chi connectivity index (χ0) is 16.2. The van der Waals surface area contributed by atoms with E-state index in [9.17, 15) is 24.1 Å². The van der Waals surface area contributed by atoms with E-state index in [0.29, 0.717) is 6.07 Å². The number of anilines is 1. The van der Waals surface area contributed by atoms with Gasteiger partial charge < -0.3 is 15.3 Å². The van der Waals surface area contributed by atoms with E-state index in [4.69, 9.17) is 5.11 Å². The molecule has 1 aromatic carbocycles. The van der Waals surface area contributed by atoms with Crippen LogP contribution in [0.4, 0.5) is 15.8 Å². The Morgan fingerprint density at radius 1 is 1.43 bits per heavy atom. The predicted octanol–water partition coefficient (Wildman–Crippen LogP) is 1.32. The van der Waals surface area contributed by atoms with Crippen molar-refractivity contribution in [3.05, 3.63) is 33.6 Å². The number of amides is 1. The van der Waals surface area contributed by atoms with Gasteiger partial charge in [-0.1, -0.05) is 0 Å². The fraction of sp³-hybridized carbons (Fsp3) is 0.333. The minimum atomic E-state index is -1.53. The zero-order valence-corrected chi connectivity index (χ0v) is 11.4. The summed E-state index contributed by atoms with van der Waals surface area (Å²) in [5.41, 5.74) is -1.65. The number of rotatable bonds is 6. The van der Waals surface area contributed by atoms with Crippen LogP contribution in [0.15, 0.2) is 12.1 Å². The van der Waals surface area contributed by atoms with E-state index in [2.05, 4.69) is 5.32 Å². The van der Waals surface area contributed by atoms with Crippen molar-refractivity contribution < 1.29 is 24.0 Å². The molecule has 0 unspecified atom stereocenters. The Hall–Kier alpha value is -2.71. The van der Waals surface area contributed by atoms with Crippen molar-refractivity contribution in [2.45, 2.75) is 6.42 Å². The van der Waals surface area contributed by atoms with Gasteiger partial charge in [-0.15, -0.1) is 0 Å². The van der Waals surface area contributed by atoms with Crippen molar-refractivity contribution in [3.8, 4) is 0 Å². The summed E-state index contributed by atoms with van der Waals surface area (Å²) in [5, 5.41) is 22.1. The predicted molar refractivity (Wildman–Crippen MR) is 71.8 cm³/mol. The molecule has 0 radical (unpaired) electrons. The fourth-order valence-electron chi connectivity index (χ4n) is 1.55. The van der Waals surface area contributed by atoms with Gasteiger partial charge in [-0.3, -0.25) is 14.9 Å². The van der Waals surface area contributed by atoms with E-state index in [0.717, 1.165) is 6.07 Å². The van der Waals surface area contributed by atoms with Crippen molar-refractivity contribution in [1.29, 1.82) is 0 Å². The van der Waals surface area contributed by atoms with E-state index in [1.165, 1.54) is 4.90 Å². The molecule has 0 atom stereocenters. The van der Waals surface area contributed by atoms with Crippen LogP contribution in [0.1, 0.15) is 16.8 Å². The molecule has 0 aliphatic rings. The smallest absolute Gasteiger partial charge is 0.342 e. The molecule has 21 heavy (non-hydrogen) atoms. The van der Waals surface area contributed by atoms with Crippen molar-refractivity contribution in [2.24, 2.45) is 0 Å². The van der Waals surface area contributed by atoms with Crippen LogP contribution >= 0.6 is 0 Å². The van der Waals surface area contributed by atoms with Gasteiger partial charge in [-0.05, 0) is 6.07 Å². The van der Waals surface area contributed by atoms with Crippen LogP contribution < -0.4 is 5.32 Å². The lowest BCUT2D eigenvalue weighted by atomic mass is 10.1. The maximum atomic E-state index is 13.7. The van der Waals surface area contributed by atoms with Crippen LogP contribution in [0.25, 0.3) is 0 Å². The molecule has 1 amide bonds. The number of nitro benzene ring substituents is 1. The van der Waals surface area contributed by atoms with Crippen molar-refractivity contribution in [2.75, 3.05) is 26.0 Å². The number of carboxylic acids is 1. The Labute approximate surface area is 119 Å². The average Bonchev–Trinajstić information content (AvgIpc) is 2.39. The van der Waals surface area contributed by atoms with Gasteiger partial charge in [0.25, 0.3) is 5.69 Å². The third-order valence-electron chi connectivity index (χ3n) is 2.67. The Kier molecular flexibility index (Phi) is 5.17. The van der Waals surface area contributed by atoms with Gasteiger partial charge >= 0.3 is 5.97 Å². The molecule has 8 nitrogen and oxygen atoms in total. The van der Waals surface area contributed by atoms with Crippen molar-refractivity contribution >= 4 is 23.3 Å². The second-order valence-corrected chi connectivity index (χ2v) is 4.38. The molecule has 0 saturated carbocycles. The Morgan fingerprint density at radius 2 is 2.05 bits per heavy atom. The zero-order valence-electron chi connectivity index (χ0n) is 11.4. The van der Waals surface area contributed by atoms with Gasteiger partial charge in [-0.25, -0.2) is 9.18 Å². The summed E-state index contributed by atoms with van der Waals surface area (Å²) in [6, 6.07) is 1.38. The highest BCUT2D eigenvalue weighted by atomic mass is 19.1.